The van der Waals surface area contributed by atoms with Crippen molar-refractivity contribution in [1.82, 2.24) is 9.55 Å². The minimum Gasteiger partial charge on any atom is -0.483 e. The Morgan fingerprint density at radius 1 is 1.41 bits per heavy atom. The van der Waals surface area contributed by atoms with Gasteiger partial charge in [-0.25, -0.2) is 9.98 Å². The zero-order valence-corrected chi connectivity index (χ0v) is 15.2. The van der Waals surface area contributed by atoms with Crippen molar-refractivity contribution in [2.45, 2.75) is 25.7 Å². The van der Waals surface area contributed by atoms with Gasteiger partial charge in [0.2, 0.25) is 5.91 Å². The van der Waals surface area contributed by atoms with E-state index >= 15 is 0 Å². The maximum absolute atomic E-state index is 13.6. The van der Waals surface area contributed by atoms with Gasteiger partial charge < -0.3 is 9.64 Å². The summed E-state index contributed by atoms with van der Waals surface area (Å²) >= 11 is 0. The SMILES string of the molecule is CCO/C=N/C1=C(C#N)C2(Cc3nccn31)C(=O)N(CC)c1ccccc12. The lowest BCUT2D eigenvalue weighted by molar-refractivity contribution is -0.121. The summed E-state index contributed by atoms with van der Waals surface area (Å²) in [5.74, 6) is 0.964. The fraction of sp³-hybridized carbons (Fsp3) is 0.300. The number of aliphatic imine (C=N–C) groups is 1. The van der Waals surface area contributed by atoms with E-state index in [1.165, 1.54) is 6.40 Å². The molecule has 4 rings (SSSR count). The van der Waals surface area contributed by atoms with Crippen molar-refractivity contribution in [1.29, 1.82) is 5.26 Å². The molecule has 0 saturated carbocycles. The molecule has 0 bridgehead atoms. The third kappa shape index (κ3) is 2.23. The van der Waals surface area contributed by atoms with Crippen LogP contribution < -0.4 is 4.90 Å². The molecule has 0 aliphatic carbocycles. The summed E-state index contributed by atoms with van der Waals surface area (Å²) in [6.45, 7) is 4.78. The van der Waals surface area contributed by atoms with E-state index in [1.807, 2.05) is 38.1 Å². The number of anilines is 1. The molecule has 7 heteroatoms. The van der Waals surface area contributed by atoms with Crippen LogP contribution in [0, 0.1) is 11.3 Å². The first-order valence-electron chi connectivity index (χ1n) is 8.92. The molecular formula is C20H19N5O2. The standard InChI is InChI=1S/C20H19N5O2/c1-3-24-16-8-6-5-7-14(16)20(19(24)26)11-17-22-9-10-25(17)18(15(20)12-21)23-13-27-4-2/h5-10,13H,3-4,11H2,1-2H3/b23-13+. The highest BCUT2D eigenvalue weighted by Gasteiger charge is 2.56. The number of nitriles is 1. The molecule has 2 aliphatic rings. The summed E-state index contributed by atoms with van der Waals surface area (Å²) in [4.78, 5) is 24.1. The lowest BCUT2D eigenvalue weighted by atomic mass is 9.71. The third-order valence-electron chi connectivity index (χ3n) is 5.13. The Kier molecular flexibility index (Phi) is 4.04. The highest BCUT2D eigenvalue weighted by molar-refractivity contribution is 6.12. The summed E-state index contributed by atoms with van der Waals surface area (Å²) in [5, 5.41) is 10.1. The smallest absolute Gasteiger partial charge is 0.243 e. The first-order chi connectivity index (χ1) is 13.2. The molecule has 2 aliphatic heterocycles. The molecule has 1 aromatic heterocycles. The average molecular weight is 361 g/mol. The summed E-state index contributed by atoms with van der Waals surface area (Å²) < 4.78 is 7.00. The minimum absolute atomic E-state index is 0.110. The Balaban J connectivity index is 2.02. The number of carbonyl (C=O) groups is 1. The van der Waals surface area contributed by atoms with Gasteiger partial charge >= 0.3 is 0 Å². The molecular weight excluding hydrogens is 342 g/mol. The highest BCUT2D eigenvalue weighted by atomic mass is 16.5. The van der Waals surface area contributed by atoms with Gasteiger partial charge in [-0.1, -0.05) is 18.2 Å². The molecule has 7 nitrogen and oxygen atoms in total. The minimum atomic E-state index is -1.11. The summed E-state index contributed by atoms with van der Waals surface area (Å²) in [5.41, 5.74) is 0.872. The van der Waals surface area contributed by atoms with Crippen LogP contribution in [-0.2, 0) is 21.4 Å². The van der Waals surface area contributed by atoms with Crippen molar-refractivity contribution in [2.24, 2.45) is 4.99 Å². The van der Waals surface area contributed by atoms with Gasteiger partial charge in [0.05, 0.1) is 12.2 Å². The number of para-hydroxylation sites is 1. The number of imidazole rings is 1. The van der Waals surface area contributed by atoms with Crippen LogP contribution in [-0.4, -0.2) is 35.0 Å². The van der Waals surface area contributed by atoms with Crippen molar-refractivity contribution >= 4 is 23.8 Å². The molecule has 1 unspecified atom stereocenters. The average Bonchev–Trinajstić information content (AvgIpc) is 3.24. The Hall–Kier alpha value is -3.40. The van der Waals surface area contributed by atoms with Gasteiger partial charge in [0, 0.05) is 31.0 Å². The number of carbonyl (C=O) groups excluding carboxylic acids is 1. The Morgan fingerprint density at radius 2 is 2.22 bits per heavy atom. The number of fused-ring (bicyclic) bond motifs is 3. The zero-order chi connectivity index (χ0) is 19.0. The van der Waals surface area contributed by atoms with Gasteiger partial charge in [0.25, 0.3) is 0 Å². The summed E-state index contributed by atoms with van der Waals surface area (Å²) in [6.07, 6.45) is 5.05. The molecule has 1 amide bonds. The first kappa shape index (κ1) is 17.0. The van der Waals surface area contributed by atoms with Crippen LogP contribution in [0.5, 0.6) is 0 Å². The van der Waals surface area contributed by atoms with Crippen LogP contribution in [0.15, 0.2) is 47.2 Å². The van der Waals surface area contributed by atoms with E-state index in [9.17, 15) is 10.1 Å². The van der Waals surface area contributed by atoms with Crippen LogP contribution in [0.4, 0.5) is 5.69 Å². The number of amides is 1. The number of hydrogen-bond donors (Lipinski definition) is 0. The molecule has 0 radical (unpaired) electrons. The number of rotatable bonds is 4. The topological polar surface area (TPSA) is 83.5 Å². The molecule has 0 fully saturated rings. The van der Waals surface area contributed by atoms with E-state index in [2.05, 4.69) is 16.0 Å². The van der Waals surface area contributed by atoms with Gasteiger partial charge in [0.15, 0.2) is 12.2 Å². The van der Waals surface area contributed by atoms with Gasteiger partial charge in [0.1, 0.15) is 17.3 Å². The maximum Gasteiger partial charge on any atom is 0.243 e. The monoisotopic (exact) mass is 361 g/mol. The molecule has 1 aromatic carbocycles. The highest BCUT2D eigenvalue weighted by Crippen LogP contribution is 2.51. The van der Waals surface area contributed by atoms with E-state index < -0.39 is 5.41 Å². The predicted molar refractivity (Wildman–Crippen MR) is 101 cm³/mol. The quantitative estimate of drug-likeness (QED) is 0.619. The molecule has 0 saturated heterocycles. The van der Waals surface area contributed by atoms with E-state index in [1.54, 1.807) is 21.9 Å². The van der Waals surface area contributed by atoms with Crippen molar-refractivity contribution in [3.63, 3.8) is 0 Å². The fourth-order valence-electron chi connectivity index (χ4n) is 3.98. The van der Waals surface area contributed by atoms with Crippen LogP contribution in [0.25, 0.3) is 5.82 Å². The number of benzene rings is 1. The second kappa shape index (κ2) is 6.40. The first-order valence-corrected chi connectivity index (χ1v) is 8.92. The molecule has 136 valence electrons. The van der Waals surface area contributed by atoms with E-state index in [-0.39, 0.29) is 5.91 Å². The fourth-order valence-corrected chi connectivity index (χ4v) is 3.98. The Labute approximate surface area is 157 Å². The molecule has 0 N–H and O–H groups in total. The number of hydrogen-bond acceptors (Lipinski definition) is 5. The zero-order valence-electron chi connectivity index (χ0n) is 15.2. The van der Waals surface area contributed by atoms with Gasteiger partial charge in [-0.2, -0.15) is 5.26 Å². The van der Waals surface area contributed by atoms with Crippen molar-refractivity contribution in [3.05, 3.63) is 53.6 Å². The predicted octanol–water partition coefficient (Wildman–Crippen LogP) is 2.50. The van der Waals surface area contributed by atoms with Crippen molar-refractivity contribution in [3.8, 4) is 6.07 Å². The number of aromatic nitrogens is 2. The van der Waals surface area contributed by atoms with Crippen LogP contribution in [0.2, 0.25) is 0 Å². The van der Waals surface area contributed by atoms with Crippen LogP contribution in [0.1, 0.15) is 25.2 Å². The van der Waals surface area contributed by atoms with Gasteiger partial charge in [-0.05, 0) is 25.5 Å². The molecule has 3 heterocycles. The van der Waals surface area contributed by atoms with Crippen molar-refractivity contribution in [2.75, 3.05) is 18.1 Å². The van der Waals surface area contributed by atoms with E-state index in [0.717, 1.165) is 11.3 Å². The Bertz CT molecular complexity index is 1010. The Morgan fingerprint density at radius 3 is 2.96 bits per heavy atom. The van der Waals surface area contributed by atoms with Crippen LogP contribution in [0.3, 0.4) is 0 Å². The van der Waals surface area contributed by atoms with Gasteiger partial charge in [-0.3, -0.25) is 9.36 Å². The van der Waals surface area contributed by atoms with Gasteiger partial charge in [-0.15, -0.1) is 0 Å². The number of likely N-dealkylation sites (N-methyl/N-ethyl adjacent to an activating group) is 1. The number of nitrogens with zero attached hydrogens (tertiary/aromatic N) is 5. The maximum atomic E-state index is 13.6. The largest absolute Gasteiger partial charge is 0.483 e. The summed E-state index contributed by atoms with van der Waals surface area (Å²) in [6, 6.07) is 9.91. The van der Waals surface area contributed by atoms with E-state index in [4.69, 9.17) is 4.74 Å². The summed E-state index contributed by atoms with van der Waals surface area (Å²) in [7, 11) is 0. The van der Waals surface area contributed by atoms with Crippen molar-refractivity contribution < 1.29 is 9.53 Å². The normalized spacial score (nSPS) is 20.9. The second-order valence-electron chi connectivity index (χ2n) is 6.36. The molecule has 2 aromatic rings. The third-order valence-corrected chi connectivity index (χ3v) is 5.13. The molecule has 27 heavy (non-hydrogen) atoms. The molecule has 1 atom stereocenters. The van der Waals surface area contributed by atoms with E-state index in [0.29, 0.717) is 36.8 Å². The lowest BCUT2D eigenvalue weighted by Crippen LogP contribution is -2.46. The lowest BCUT2D eigenvalue weighted by Gasteiger charge is -2.32. The van der Waals surface area contributed by atoms with Crippen LogP contribution >= 0.6 is 0 Å². The second-order valence-corrected chi connectivity index (χ2v) is 6.36. The number of ether oxygens (including phenoxy) is 1. The molecule has 1 spiro atoms.